The molecule has 1 aliphatic carbocycles. The van der Waals surface area contributed by atoms with Crippen LogP contribution in [0.4, 0.5) is 0 Å². The van der Waals surface area contributed by atoms with Crippen LogP contribution < -0.4 is 5.32 Å². The second-order valence-electron chi connectivity index (χ2n) is 6.19. The lowest BCUT2D eigenvalue weighted by Crippen LogP contribution is -2.29. The maximum atomic E-state index is 12.8. The van der Waals surface area contributed by atoms with E-state index >= 15 is 0 Å². The Kier molecular flexibility index (Phi) is 4.06. The molecule has 3 aromatic heterocycles. The van der Waals surface area contributed by atoms with Crippen LogP contribution in [-0.4, -0.2) is 20.3 Å². The van der Waals surface area contributed by atoms with Gasteiger partial charge in [0.15, 0.2) is 0 Å². The molecule has 0 spiro atoms. The second-order valence-corrected chi connectivity index (χ2v) is 7.15. The Morgan fingerprint density at radius 2 is 2.29 bits per heavy atom. The lowest BCUT2D eigenvalue weighted by Gasteiger charge is -2.16. The molecule has 0 saturated carbocycles. The molecule has 0 saturated heterocycles. The molecule has 0 aromatic carbocycles. The van der Waals surface area contributed by atoms with E-state index in [1.165, 1.54) is 23.3 Å². The average molecular weight is 340 g/mol. The first-order chi connectivity index (χ1) is 11.8. The highest BCUT2D eigenvalue weighted by atomic mass is 32.1. The highest BCUT2D eigenvalue weighted by Crippen LogP contribution is 2.30. The van der Waals surface area contributed by atoms with Crippen molar-refractivity contribution < 1.29 is 4.79 Å². The van der Waals surface area contributed by atoms with Gasteiger partial charge in [-0.15, -0.1) is 11.3 Å². The van der Waals surface area contributed by atoms with Gasteiger partial charge in [0.25, 0.3) is 5.91 Å². The largest absolute Gasteiger partial charge is 0.344 e. The van der Waals surface area contributed by atoms with Gasteiger partial charge in [0.2, 0.25) is 5.78 Å². The molecular weight excluding hydrogens is 320 g/mol. The molecule has 1 N–H and O–H groups in total. The molecule has 0 aliphatic heterocycles. The summed E-state index contributed by atoms with van der Waals surface area (Å²) in [7, 11) is 0. The van der Waals surface area contributed by atoms with Crippen molar-refractivity contribution in [3.05, 3.63) is 51.7 Å². The van der Waals surface area contributed by atoms with Gasteiger partial charge in [-0.2, -0.15) is 0 Å². The molecule has 0 radical (unpaired) electrons. The Bertz CT molecular complexity index is 849. The third-order valence-electron chi connectivity index (χ3n) is 4.63. The van der Waals surface area contributed by atoms with Crippen molar-refractivity contribution in [1.29, 1.82) is 0 Å². The monoisotopic (exact) mass is 340 g/mol. The number of imidazole rings is 1. The summed E-state index contributed by atoms with van der Waals surface area (Å²) in [5.74, 6) is 0.680. The van der Waals surface area contributed by atoms with E-state index in [0.29, 0.717) is 5.78 Å². The van der Waals surface area contributed by atoms with Crippen LogP contribution >= 0.6 is 11.3 Å². The summed E-state index contributed by atoms with van der Waals surface area (Å²) in [6.45, 7) is 2.06. The number of thiophene rings is 1. The number of rotatable bonds is 4. The first-order valence-electron chi connectivity index (χ1n) is 8.46. The number of hydrogen-bond donors (Lipinski definition) is 1. The van der Waals surface area contributed by atoms with Gasteiger partial charge in [-0.05, 0) is 43.7 Å². The first kappa shape index (κ1) is 15.3. The van der Waals surface area contributed by atoms with Crippen molar-refractivity contribution in [2.75, 3.05) is 0 Å². The molecule has 6 heteroatoms. The summed E-state index contributed by atoms with van der Waals surface area (Å²) < 4.78 is 1.89. The zero-order valence-corrected chi connectivity index (χ0v) is 14.5. The van der Waals surface area contributed by atoms with Crippen LogP contribution in [0.1, 0.15) is 58.7 Å². The van der Waals surface area contributed by atoms with Crippen molar-refractivity contribution in [3.8, 4) is 0 Å². The maximum absolute atomic E-state index is 12.8. The van der Waals surface area contributed by atoms with Crippen molar-refractivity contribution in [2.24, 2.45) is 0 Å². The van der Waals surface area contributed by atoms with Gasteiger partial charge in [-0.3, -0.25) is 9.20 Å². The van der Waals surface area contributed by atoms with E-state index in [9.17, 15) is 4.79 Å². The van der Waals surface area contributed by atoms with Crippen molar-refractivity contribution in [1.82, 2.24) is 19.7 Å². The predicted octanol–water partition coefficient (Wildman–Crippen LogP) is 3.55. The van der Waals surface area contributed by atoms with Crippen LogP contribution in [0.2, 0.25) is 0 Å². The van der Waals surface area contributed by atoms with E-state index in [4.69, 9.17) is 0 Å². The molecule has 3 aromatic rings. The topological polar surface area (TPSA) is 59.3 Å². The van der Waals surface area contributed by atoms with E-state index in [1.54, 1.807) is 17.5 Å². The zero-order valence-electron chi connectivity index (χ0n) is 13.7. The number of fused-ring (bicyclic) bond motifs is 2. The number of carbonyl (C=O) groups is 1. The molecule has 3 heterocycles. The minimum Gasteiger partial charge on any atom is -0.344 e. The number of amides is 1. The average Bonchev–Trinajstić information content (AvgIpc) is 3.23. The highest BCUT2D eigenvalue weighted by molar-refractivity contribution is 7.10. The molecule has 4 rings (SSSR count). The summed E-state index contributed by atoms with van der Waals surface area (Å²) >= 11 is 1.72. The minimum atomic E-state index is -0.0988. The quantitative estimate of drug-likeness (QED) is 0.790. The normalized spacial score (nSPS) is 15.2. The molecule has 124 valence electrons. The van der Waals surface area contributed by atoms with Gasteiger partial charge in [0.1, 0.15) is 0 Å². The molecule has 24 heavy (non-hydrogen) atoms. The van der Waals surface area contributed by atoms with E-state index in [2.05, 4.69) is 22.2 Å². The van der Waals surface area contributed by atoms with Gasteiger partial charge >= 0.3 is 0 Å². The van der Waals surface area contributed by atoms with E-state index in [1.807, 2.05) is 28.2 Å². The Morgan fingerprint density at radius 3 is 3.12 bits per heavy atom. The number of aryl methyl sites for hydroxylation is 1. The van der Waals surface area contributed by atoms with Crippen molar-refractivity contribution >= 4 is 23.0 Å². The zero-order chi connectivity index (χ0) is 16.5. The second kappa shape index (κ2) is 6.36. The predicted molar refractivity (Wildman–Crippen MR) is 94.4 cm³/mol. The number of nitrogens with zero attached hydrogens (tertiary/aromatic N) is 3. The van der Waals surface area contributed by atoms with Crippen LogP contribution in [0.5, 0.6) is 0 Å². The van der Waals surface area contributed by atoms with E-state index < -0.39 is 0 Å². The molecular formula is C18H20N4OS. The fourth-order valence-electron chi connectivity index (χ4n) is 3.32. The van der Waals surface area contributed by atoms with Gasteiger partial charge in [0, 0.05) is 28.8 Å². The standard InChI is InChI=1S/C18H20N4OS/c1-2-14(15-10-22-9-5-8-19-18(22)21-15)20-17(23)13-11-24-16-7-4-3-6-12(13)16/h5,8-11,14H,2-4,6-7H2,1H3,(H,20,23). The number of hydrogen-bond acceptors (Lipinski definition) is 4. The molecule has 1 unspecified atom stereocenters. The van der Waals surface area contributed by atoms with Gasteiger partial charge in [0.05, 0.1) is 17.3 Å². The summed E-state index contributed by atoms with van der Waals surface area (Å²) in [5, 5.41) is 5.18. The fraction of sp³-hybridized carbons (Fsp3) is 0.389. The summed E-state index contributed by atoms with van der Waals surface area (Å²) in [6, 6.07) is 1.77. The van der Waals surface area contributed by atoms with Crippen LogP contribution in [-0.2, 0) is 12.8 Å². The lowest BCUT2D eigenvalue weighted by molar-refractivity contribution is 0.0934. The van der Waals surface area contributed by atoms with Crippen LogP contribution in [0, 0.1) is 0 Å². The van der Waals surface area contributed by atoms with Gasteiger partial charge < -0.3 is 5.32 Å². The molecule has 0 fully saturated rings. The molecule has 5 nitrogen and oxygen atoms in total. The molecule has 1 aliphatic rings. The third kappa shape index (κ3) is 2.71. The van der Waals surface area contributed by atoms with Gasteiger partial charge in [-0.1, -0.05) is 6.92 Å². The summed E-state index contributed by atoms with van der Waals surface area (Å²) in [5.41, 5.74) is 2.97. The van der Waals surface area contributed by atoms with Gasteiger partial charge in [-0.25, -0.2) is 9.97 Å². The minimum absolute atomic E-state index is 0.0197. The highest BCUT2D eigenvalue weighted by Gasteiger charge is 2.23. The third-order valence-corrected chi connectivity index (χ3v) is 5.72. The number of carbonyl (C=O) groups excluding carboxylic acids is 1. The van der Waals surface area contributed by atoms with Crippen LogP contribution in [0.15, 0.2) is 30.0 Å². The molecule has 1 amide bonds. The lowest BCUT2D eigenvalue weighted by atomic mass is 9.95. The SMILES string of the molecule is CCC(NC(=O)c1csc2c1CCCC2)c1cn2cccnc2n1. The fourth-order valence-corrected chi connectivity index (χ4v) is 4.45. The number of aromatic nitrogens is 3. The van der Waals surface area contributed by atoms with Crippen molar-refractivity contribution in [3.63, 3.8) is 0 Å². The Labute approximate surface area is 144 Å². The van der Waals surface area contributed by atoms with E-state index in [0.717, 1.165) is 30.5 Å². The van der Waals surface area contributed by atoms with E-state index in [-0.39, 0.29) is 11.9 Å². The Balaban J connectivity index is 1.58. The Morgan fingerprint density at radius 1 is 1.42 bits per heavy atom. The van der Waals surface area contributed by atoms with Crippen LogP contribution in [0.25, 0.3) is 5.78 Å². The summed E-state index contributed by atoms with van der Waals surface area (Å²) in [6.07, 6.45) is 10.9. The van der Waals surface area contributed by atoms with Crippen molar-refractivity contribution in [2.45, 2.75) is 45.1 Å². The molecule has 1 atom stereocenters. The summed E-state index contributed by atoms with van der Waals surface area (Å²) in [4.78, 5) is 23.0. The smallest absolute Gasteiger partial charge is 0.252 e. The Hall–Kier alpha value is -2.21. The number of nitrogens with one attached hydrogen (secondary N) is 1. The molecule has 0 bridgehead atoms. The maximum Gasteiger partial charge on any atom is 0.252 e. The van der Waals surface area contributed by atoms with Crippen LogP contribution in [0.3, 0.4) is 0 Å². The first-order valence-corrected chi connectivity index (χ1v) is 9.34.